The van der Waals surface area contributed by atoms with E-state index in [0.29, 0.717) is 0 Å². The molecule has 0 saturated heterocycles. The van der Waals surface area contributed by atoms with Crippen molar-refractivity contribution < 1.29 is 4.74 Å². The van der Waals surface area contributed by atoms with Crippen LogP contribution in [0.2, 0.25) is 0 Å². The Morgan fingerprint density at radius 2 is 2.11 bits per heavy atom. The standard InChI is InChI=1S/C15H26N2O/c1-4-18-11-10-17(3)9-8-15(16)14-7-5-6-13(2)12-14/h5-7,12,15H,4,8-11,16H2,1-3H3. The SMILES string of the molecule is CCOCCN(C)CCC(N)c1cccc(C)c1. The highest BCUT2D eigenvalue weighted by Gasteiger charge is 2.07. The van der Waals surface area contributed by atoms with Crippen molar-refractivity contribution >= 4 is 0 Å². The zero-order valence-corrected chi connectivity index (χ0v) is 11.9. The van der Waals surface area contributed by atoms with Crippen LogP contribution in [0.5, 0.6) is 0 Å². The molecule has 1 rings (SSSR count). The number of likely N-dealkylation sites (N-methyl/N-ethyl adjacent to an activating group) is 1. The molecular weight excluding hydrogens is 224 g/mol. The van der Waals surface area contributed by atoms with Gasteiger partial charge in [-0.05, 0) is 39.4 Å². The minimum absolute atomic E-state index is 0.124. The maximum Gasteiger partial charge on any atom is 0.0593 e. The summed E-state index contributed by atoms with van der Waals surface area (Å²) in [6.07, 6.45) is 0.978. The van der Waals surface area contributed by atoms with Gasteiger partial charge in [-0.3, -0.25) is 0 Å². The number of ether oxygens (including phenoxy) is 1. The number of hydrogen-bond donors (Lipinski definition) is 1. The van der Waals surface area contributed by atoms with Crippen LogP contribution in [0.15, 0.2) is 24.3 Å². The zero-order chi connectivity index (χ0) is 13.4. The van der Waals surface area contributed by atoms with Gasteiger partial charge in [0.15, 0.2) is 0 Å². The highest BCUT2D eigenvalue weighted by molar-refractivity contribution is 5.24. The summed E-state index contributed by atoms with van der Waals surface area (Å²) >= 11 is 0. The lowest BCUT2D eigenvalue weighted by atomic mass is 10.0. The van der Waals surface area contributed by atoms with Gasteiger partial charge in [0, 0.05) is 19.2 Å². The zero-order valence-electron chi connectivity index (χ0n) is 11.9. The van der Waals surface area contributed by atoms with Crippen molar-refractivity contribution in [1.29, 1.82) is 0 Å². The maximum atomic E-state index is 6.21. The van der Waals surface area contributed by atoms with Crippen LogP contribution in [-0.2, 0) is 4.74 Å². The van der Waals surface area contributed by atoms with Crippen molar-refractivity contribution in [1.82, 2.24) is 4.90 Å². The molecule has 3 heteroatoms. The van der Waals surface area contributed by atoms with E-state index in [-0.39, 0.29) is 6.04 Å². The van der Waals surface area contributed by atoms with E-state index in [1.54, 1.807) is 0 Å². The quantitative estimate of drug-likeness (QED) is 0.720. The van der Waals surface area contributed by atoms with Gasteiger partial charge in [-0.25, -0.2) is 0 Å². The number of rotatable bonds is 8. The summed E-state index contributed by atoms with van der Waals surface area (Å²) in [5.41, 5.74) is 8.71. The second-order valence-corrected chi connectivity index (χ2v) is 4.81. The molecule has 102 valence electrons. The molecule has 1 atom stereocenters. The van der Waals surface area contributed by atoms with Gasteiger partial charge < -0.3 is 15.4 Å². The van der Waals surface area contributed by atoms with Crippen LogP contribution in [0.4, 0.5) is 0 Å². The minimum atomic E-state index is 0.124. The number of nitrogens with zero attached hydrogens (tertiary/aromatic N) is 1. The second-order valence-electron chi connectivity index (χ2n) is 4.81. The van der Waals surface area contributed by atoms with E-state index in [4.69, 9.17) is 10.5 Å². The predicted molar refractivity (Wildman–Crippen MR) is 76.7 cm³/mol. The molecule has 0 bridgehead atoms. The molecule has 3 nitrogen and oxygen atoms in total. The largest absolute Gasteiger partial charge is 0.380 e. The summed E-state index contributed by atoms with van der Waals surface area (Å²) < 4.78 is 5.34. The van der Waals surface area contributed by atoms with E-state index in [1.165, 1.54) is 11.1 Å². The van der Waals surface area contributed by atoms with Crippen molar-refractivity contribution in [3.63, 3.8) is 0 Å². The highest BCUT2D eigenvalue weighted by Crippen LogP contribution is 2.15. The Kier molecular flexibility index (Phi) is 6.94. The van der Waals surface area contributed by atoms with Crippen LogP contribution < -0.4 is 5.73 Å². The fraction of sp³-hybridized carbons (Fsp3) is 0.600. The van der Waals surface area contributed by atoms with Gasteiger partial charge in [0.1, 0.15) is 0 Å². The molecule has 1 unspecified atom stereocenters. The third-order valence-electron chi connectivity index (χ3n) is 3.11. The van der Waals surface area contributed by atoms with Crippen LogP contribution >= 0.6 is 0 Å². The van der Waals surface area contributed by atoms with Crippen LogP contribution in [0.25, 0.3) is 0 Å². The molecule has 0 aliphatic heterocycles. The molecule has 0 saturated carbocycles. The van der Waals surface area contributed by atoms with Gasteiger partial charge in [-0.1, -0.05) is 29.8 Å². The lowest BCUT2D eigenvalue weighted by Gasteiger charge is -2.19. The van der Waals surface area contributed by atoms with Crippen molar-refractivity contribution in [3.05, 3.63) is 35.4 Å². The first kappa shape index (κ1) is 15.2. The summed E-state index contributed by atoms with van der Waals surface area (Å²) in [6.45, 7) is 7.68. The second kappa shape index (κ2) is 8.25. The Hall–Kier alpha value is -0.900. The van der Waals surface area contributed by atoms with Gasteiger partial charge in [-0.2, -0.15) is 0 Å². The first-order chi connectivity index (χ1) is 8.63. The van der Waals surface area contributed by atoms with Gasteiger partial charge in [0.25, 0.3) is 0 Å². The van der Waals surface area contributed by atoms with E-state index in [1.807, 2.05) is 6.92 Å². The molecule has 1 aromatic carbocycles. The lowest BCUT2D eigenvalue weighted by molar-refractivity contribution is 0.121. The predicted octanol–water partition coefficient (Wildman–Crippen LogP) is 2.35. The third-order valence-corrected chi connectivity index (χ3v) is 3.11. The van der Waals surface area contributed by atoms with E-state index in [9.17, 15) is 0 Å². The van der Waals surface area contributed by atoms with Gasteiger partial charge >= 0.3 is 0 Å². The summed E-state index contributed by atoms with van der Waals surface area (Å²) in [4.78, 5) is 2.27. The van der Waals surface area contributed by atoms with Gasteiger partial charge in [0.05, 0.1) is 6.61 Å². The molecule has 0 radical (unpaired) electrons. The fourth-order valence-corrected chi connectivity index (χ4v) is 1.90. The van der Waals surface area contributed by atoms with Gasteiger partial charge in [0.2, 0.25) is 0 Å². The fourth-order valence-electron chi connectivity index (χ4n) is 1.90. The number of nitrogens with two attached hydrogens (primary N) is 1. The average molecular weight is 250 g/mol. The van der Waals surface area contributed by atoms with Crippen LogP contribution in [0.3, 0.4) is 0 Å². The Labute approximate surface area is 111 Å². The number of benzene rings is 1. The van der Waals surface area contributed by atoms with Crippen molar-refractivity contribution in [3.8, 4) is 0 Å². The summed E-state index contributed by atoms with van der Waals surface area (Å²) in [5, 5.41) is 0. The molecule has 0 aliphatic carbocycles. The monoisotopic (exact) mass is 250 g/mol. The normalized spacial score (nSPS) is 12.9. The Balaban J connectivity index is 2.30. The Morgan fingerprint density at radius 3 is 2.78 bits per heavy atom. The highest BCUT2D eigenvalue weighted by atomic mass is 16.5. The van der Waals surface area contributed by atoms with Crippen LogP contribution in [-0.4, -0.2) is 38.3 Å². The smallest absolute Gasteiger partial charge is 0.0593 e. The van der Waals surface area contributed by atoms with Crippen molar-refractivity contribution in [2.24, 2.45) is 5.73 Å². The third kappa shape index (κ3) is 5.63. The van der Waals surface area contributed by atoms with Gasteiger partial charge in [-0.15, -0.1) is 0 Å². The molecule has 0 spiro atoms. The number of aryl methyl sites for hydroxylation is 1. The molecule has 0 aliphatic rings. The van der Waals surface area contributed by atoms with Crippen molar-refractivity contribution in [2.45, 2.75) is 26.3 Å². The molecule has 1 aromatic rings. The Bertz CT molecular complexity index is 341. The molecule has 0 amide bonds. The lowest BCUT2D eigenvalue weighted by Crippen LogP contribution is -2.27. The molecule has 0 heterocycles. The van der Waals surface area contributed by atoms with Crippen molar-refractivity contribution in [2.75, 3.05) is 33.4 Å². The summed E-state index contributed by atoms with van der Waals surface area (Å²) in [7, 11) is 2.11. The molecule has 0 fully saturated rings. The van der Waals surface area contributed by atoms with Crippen LogP contribution in [0.1, 0.15) is 30.5 Å². The maximum absolute atomic E-state index is 6.21. The molecule has 18 heavy (non-hydrogen) atoms. The molecule has 0 aromatic heterocycles. The summed E-state index contributed by atoms with van der Waals surface area (Å²) in [5.74, 6) is 0. The first-order valence-electron chi connectivity index (χ1n) is 6.72. The topological polar surface area (TPSA) is 38.5 Å². The van der Waals surface area contributed by atoms with Crippen LogP contribution in [0, 0.1) is 6.92 Å². The van der Waals surface area contributed by atoms with E-state index >= 15 is 0 Å². The number of hydrogen-bond acceptors (Lipinski definition) is 3. The van der Waals surface area contributed by atoms with E-state index in [0.717, 1.165) is 32.7 Å². The van der Waals surface area contributed by atoms with E-state index < -0.39 is 0 Å². The minimum Gasteiger partial charge on any atom is -0.380 e. The van der Waals surface area contributed by atoms with E-state index in [2.05, 4.69) is 43.1 Å². The first-order valence-corrected chi connectivity index (χ1v) is 6.72. The Morgan fingerprint density at radius 1 is 1.33 bits per heavy atom. The summed E-state index contributed by atoms with van der Waals surface area (Å²) in [6, 6.07) is 8.58. The molecule has 2 N–H and O–H groups in total. The average Bonchev–Trinajstić information content (AvgIpc) is 2.36. The molecular formula is C15H26N2O.